The summed E-state index contributed by atoms with van der Waals surface area (Å²) in [6, 6.07) is 28.9. The summed E-state index contributed by atoms with van der Waals surface area (Å²) >= 11 is 4.33. The molecule has 0 spiro atoms. The van der Waals surface area contributed by atoms with Crippen molar-refractivity contribution >= 4 is 35.7 Å². The lowest BCUT2D eigenvalue weighted by atomic mass is 9.89. The highest BCUT2D eigenvalue weighted by Crippen LogP contribution is 2.31. The Labute approximate surface area is 319 Å². The summed E-state index contributed by atoms with van der Waals surface area (Å²) in [5.74, 6) is -0.0619. The van der Waals surface area contributed by atoms with Crippen LogP contribution in [0.5, 0.6) is 5.75 Å². The van der Waals surface area contributed by atoms with Gasteiger partial charge in [-0.15, -0.1) is 0 Å². The molecule has 8 heteroatoms. The number of thiol groups is 1. The van der Waals surface area contributed by atoms with E-state index in [1.807, 2.05) is 78.9 Å². The van der Waals surface area contributed by atoms with Gasteiger partial charge in [-0.1, -0.05) is 80.9 Å². The first-order valence-electron chi connectivity index (χ1n) is 18.5. The highest BCUT2D eigenvalue weighted by atomic mass is 32.1. The Bertz CT molecular complexity index is 1920. The predicted molar refractivity (Wildman–Crippen MR) is 219 cm³/mol. The number of hydrogen-bond donors (Lipinski definition) is 3. The maximum atomic E-state index is 13.8. The number of amides is 1. The number of rotatable bonds is 17. The van der Waals surface area contributed by atoms with Crippen molar-refractivity contribution in [2.45, 2.75) is 52.4 Å². The van der Waals surface area contributed by atoms with E-state index in [-0.39, 0.29) is 23.4 Å². The van der Waals surface area contributed by atoms with Crippen molar-refractivity contribution in [3.63, 3.8) is 0 Å². The van der Waals surface area contributed by atoms with Gasteiger partial charge < -0.3 is 15.4 Å². The van der Waals surface area contributed by atoms with Gasteiger partial charge in [0, 0.05) is 40.5 Å². The lowest BCUT2D eigenvalue weighted by molar-refractivity contribution is 0.0827. The van der Waals surface area contributed by atoms with Gasteiger partial charge in [0.05, 0.1) is 5.69 Å². The first-order valence-corrected chi connectivity index (χ1v) is 19.0. The molecule has 4 aromatic carbocycles. The molecule has 276 valence electrons. The maximum absolute atomic E-state index is 13.8. The molecule has 0 atom stereocenters. The van der Waals surface area contributed by atoms with Crippen LogP contribution in [0.1, 0.15) is 78.7 Å². The maximum Gasteiger partial charge on any atom is 0.256 e. The number of anilines is 1. The Morgan fingerprint density at radius 1 is 0.943 bits per heavy atom. The van der Waals surface area contributed by atoms with Crippen LogP contribution in [-0.4, -0.2) is 42.8 Å². The second kappa shape index (κ2) is 19.8. The summed E-state index contributed by atoms with van der Waals surface area (Å²) in [6.07, 6.45) is 7.82. The van der Waals surface area contributed by atoms with Crippen LogP contribution in [0.3, 0.4) is 0 Å². The minimum absolute atomic E-state index is 0.0693. The quantitative estimate of drug-likeness (QED) is 0.0437. The second-order valence-electron chi connectivity index (χ2n) is 13.5. The van der Waals surface area contributed by atoms with Crippen molar-refractivity contribution in [3.8, 4) is 16.9 Å². The number of ketones is 1. The van der Waals surface area contributed by atoms with E-state index in [1.165, 1.54) is 24.1 Å². The fraction of sp³-hybridized carbons (Fsp3) is 0.289. The highest BCUT2D eigenvalue weighted by Gasteiger charge is 2.26. The minimum Gasteiger partial charge on any atom is -0.490 e. The smallest absolute Gasteiger partial charge is 0.256 e. The standard InChI is InChI=1S/C45H50FN3O3S/c1-4-5-7-12-32(2)41(25-30-53)47-33(3)37-19-22-42(48-45(51)40-16-11-10-15-39(40)34-13-8-6-9-14-34)43(31-37)52-29-28-49-26-23-36(24-27-49)44(50)35-17-20-38(46)21-18-35/h6,8-11,13-22,25,30-31,36,47,53H,3-5,7,12,23-24,26-29H2,1-2H3,(H,48,51)/b30-25-,41-32-. The van der Waals surface area contributed by atoms with Gasteiger partial charge in [0.15, 0.2) is 5.78 Å². The molecule has 0 aromatic heterocycles. The molecule has 1 aliphatic rings. The largest absolute Gasteiger partial charge is 0.490 e. The number of unbranched alkanes of at least 4 members (excludes halogenated alkanes) is 2. The number of halogens is 1. The van der Waals surface area contributed by atoms with Gasteiger partial charge in [-0.25, -0.2) is 4.39 Å². The van der Waals surface area contributed by atoms with Crippen LogP contribution >= 0.6 is 12.6 Å². The number of nitrogens with zero attached hydrogens (tertiary/aromatic N) is 1. The van der Waals surface area contributed by atoms with Crippen molar-refractivity contribution in [3.05, 3.63) is 149 Å². The summed E-state index contributed by atoms with van der Waals surface area (Å²) in [6.45, 7) is 11.2. The van der Waals surface area contributed by atoms with Gasteiger partial charge >= 0.3 is 0 Å². The van der Waals surface area contributed by atoms with Crippen molar-refractivity contribution in [1.82, 2.24) is 10.2 Å². The topological polar surface area (TPSA) is 70.7 Å². The molecule has 4 aromatic rings. The molecular formula is C45H50FN3O3S. The van der Waals surface area contributed by atoms with Crippen molar-refractivity contribution in [1.29, 1.82) is 0 Å². The molecule has 0 radical (unpaired) electrons. The molecule has 2 N–H and O–H groups in total. The Morgan fingerprint density at radius 2 is 1.64 bits per heavy atom. The van der Waals surface area contributed by atoms with Crippen LogP contribution in [-0.2, 0) is 0 Å². The van der Waals surface area contributed by atoms with Crippen molar-refractivity contribution < 1.29 is 18.7 Å². The van der Waals surface area contributed by atoms with Crippen LogP contribution in [0, 0.1) is 11.7 Å². The van der Waals surface area contributed by atoms with Crippen LogP contribution < -0.4 is 15.4 Å². The van der Waals surface area contributed by atoms with Gasteiger partial charge in [0.1, 0.15) is 18.2 Å². The molecule has 1 heterocycles. The summed E-state index contributed by atoms with van der Waals surface area (Å²) in [7, 11) is 0. The zero-order chi connectivity index (χ0) is 37.6. The van der Waals surface area contributed by atoms with Gasteiger partial charge in [0.2, 0.25) is 0 Å². The molecule has 1 saturated heterocycles. The summed E-state index contributed by atoms with van der Waals surface area (Å²) in [4.78, 5) is 29.1. The summed E-state index contributed by atoms with van der Waals surface area (Å²) in [5.41, 5.74) is 7.19. The van der Waals surface area contributed by atoms with Gasteiger partial charge in [-0.3, -0.25) is 14.5 Å². The average molecular weight is 732 g/mol. The van der Waals surface area contributed by atoms with Crippen LogP contribution in [0.4, 0.5) is 10.1 Å². The molecule has 1 amide bonds. The summed E-state index contributed by atoms with van der Waals surface area (Å²) < 4.78 is 19.8. The molecule has 53 heavy (non-hydrogen) atoms. The number of Topliss-reactive ketones (excluding diaryl/α,β-unsaturated/α-hetero) is 1. The molecule has 6 nitrogen and oxygen atoms in total. The number of hydrogen-bond acceptors (Lipinski definition) is 6. The van der Waals surface area contributed by atoms with E-state index in [4.69, 9.17) is 4.74 Å². The van der Waals surface area contributed by atoms with E-state index >= 15 is 0 Å². The lowest BCUT2D eigenvalue weighted by Gasteiger charge is -2.31. The highest BCUT2D eigenvalue weighted by molar-refractivity contribution is 7.83. The molecule has 5 rings (SSSR count). The van der Waals surface area contributed by atoms with E-state index in [2.05, 4.69) is 48.6 Å². The number of piperidine rings is 1. The Hall–Kier alpha value is -4.92. The number of allylic oxidation sites excluding steroid dienone is 2. The number of likely N-dealkylation sites (tertiary alicyclic amines) is 1. The van der Waals surface area contributed by atoms with Crippen molar-refractivity contribution in [2.75, 3.05) is 31.6 Å². The monoisotopic (exact) mass is 731 g/mol. The van der Waals surface area contributed by atoms with E-state index in [1.54, 1.807) is 17.5 Å². The third-order valence-corrected chi connectivity index (χ3v) is 9.88. The molecular weight excluding hydrogens is 682 g/mol. The first-order chi connectivity index (χ1) is 25.8. The van der Waals surface area contributed by atoms with Gasteiger partial charge in [0.25, 0.3) is 5.91 Å². The van der Waals surface area contributed by atoms with Crippen LogP contribution in [0.15, 0.2) is 126 Å². The number of nitrogens with one attached hydrogen (secondary N) is 2. The van der Waals surface area contributed by atoms with Crippen molar-refractivity contribution in [2.24, 2.45) is 5.92 Å². The van der Waals surface area contributed by atoms with E-state index in [0.29, 0.717) is 41.4 Å². The number of benzene rings is 4. The molecule has 1 aliphatic heterocycles. The number of carbonyl (C=O) groups is 2. The fourth-order valence-corrected chi connectivity index (χ4v) is 6.75. The number of ether oxygens (including phenoxy) is 1. The normalized spacial score (nSPS) is 14.1. The molecule has 0 bridgehead atoms. The average Bonchev–Trinajstić information content (AvgIpc) is 3.19. The van der Waals surface area contributed by atoms with Crippen LogP contribution in [0.2, 0.25) is 0 Å². The Kier molecular flexibility index (Phi) is 14.7. The zero-order valence-corrected chi connectivity index (χ0v) is 31.6. The lowest BCUT2D eigenvalue weighted by Crippen LogP contribution is -2.38. The van der Waals surface area contributed by atoms with Crippen LogP contribution in [0.25, 0.3) is 16.8 Å². The second-order valence-corrected chi connectivity index (χ2v) is 13.8. The van der Waals surface area contributed by atoms with Gasteiger partial charge in [-0.05, 0) is 116 Å². The third-order valence-electron chi connectivity index (χ3n) is 9.73. The SMILES string of the molecule is C=C(NC(/C=C\S)=C(/C)CCCCC)c1ccc(NC(=O)c2ccccc2-c2ccccc2)c(OCCN2CCC(C(=O)c3ccc(F)cc3)CC2)c1. The first kappa shape index (κ1) is 39.3. The molecule has 0 saturated carbocycles. The predicted octanol–water partition coefficient (Wildman–Crippen LogP) is 10.6. The van der Waals surface area contributed by atoms with Gasteiger partial charge in [-0.2, -0.15) is 12.6 Å². The molecule has 1 fully saturated rings. The van der Waals surface area contributed by atoms with E-state index in [9.17, 15) is 14.0 Å². The Morgan fingerprint density at radius 3 is 2.36 bits per heavy atom. The van der Waals surface area contributed by atoms with E-state index < -0.39 is 0 Å². The molecule has 0 unspecified atom stereocenters. The fourth-order valence-electron chi connectivity index (χ4n) is 6.60. The van der Waals surface area contributed by atoms with E-state index in [0.717, 1.165) is 67.6 Å². The number of carbonyl (C=O) groups excluding carboxylic acids is 2. The molecule has 0 aliphatic carbocycles. The third kappa shape index (κ3) is 11.0. The zero-order valence-electron chi connectivity index (χ0n) is 30.7. The minimum atomic E-state index is -0.345. The Balaban J connectivity index is 1.31. The summed E-state index contributed by atoms with van der Waals surface area (Å²) in [5, 5.41) is 8.33.